The van der Waals surface area contributed by atoms with Crippen LogP contribution in [0.3, 0.4) is 0 Å². The Morgan fingerprint density at radius 3 is 2.57 bits per heavy atom. The first-order valence-electron chi connectivity index (χ1n) is 6.62. The Labute approximate surface area is 122 Å². The molecule has 7 heteroatoms. The molecule has 0 radical (unpaired) electrons. The van der Waals surface area contributed by atoms with E-state index >= 15 is 0 Å². The molecule has 114 valence electrons. The number of carboxylic acid groups (broad SMARTS) is 1. The summed E-state index contributed by atoms with van der Waals surface area (Å²) in [5, 5.41) is 22.2. The molecule has 1 aromatic carbocycles. The predicted molar refractivity (Wildman–Crippen MR) is 76.2 cm³/mol. The molecule has 1 aromatic rings. The molecule has 1 atom stereocenters. The normalized spacial score (nSPS) is 11.7. The van der Waals surface area contributed by atoms with Crippen LogP contribution < -0.4 is 5.32 Å². The van der Waals surface area contributed by atoms with E-state index in [-0.39, 0.29) is 17.7 Å². The first-order chi connectivity index (χ1) is 9.83. The number of hydrogen-bond donors (Lipinski definition) is 2. The lowest BCUT2D eigenvalue weighted by molar-refractivity contribution is -0.384. The van der Waals surface area contributed by atoms with Gasteiger partial charge < -0.3 is 10.4 Å². The van der Waals surface area contributed by atoms with Crippen molar-refractivity contribution in [1.82, 2.24) is 5.32 Å². The summed E-state index contributed by atoms with van der Waals surface area (Å²) in [5.41, 5.74) is 0.596. The highest BCUT2D eigenvalue weighted by Crippen LogP contribution is 2.17. The third-order valence-corrected chi connectivity index (χ3v) is 2.93. The maximum absolute atomic E-state index is 12.1. The van der Waals surface area contributed by atoms with Crippen LogP contribution in [0.25, 0.3) is 0 Å². The van der Waals surface area contributed by atoms with Crippen molar-refractivity contribution < 1.29 is 19.6 Å². The summed E-state index contributed by atoms with van der Waals surface area (Å²) in [6.07, 6.45) is 1.09. The minimum Gasteiger partial charge on any atom is -0.481 e. The van der Waals surface area contributed by atoms with E-state index in [1.165, 1.54) is 18.2 Å². The third kappa shape index (κ3) is 5.21. The molecule has 2 N–H and O–H groups in total. The van der Waals surface area contributed by atoms with Crippen molar-refractivity contribution >= 4 is 17.6 Å². The minimum absolute atomic E-state index is 0.160. The van der Waals surface area contributed by atoms with E-state index in [1.54, 1.807) is 6.92 Å². The predicted octanol–water partition coefficient (Wildman–Crippen LogP) is 2.28. The van der Waals surface area contributed by atoms with E-state index in [2.05, 4.69) is 5.32 Å². The lowest BCUT2D eigenvalue weighted by Gasteiger charge is -2.16. The van der Waals surface area contributed by atoms with Crippen LogP contribution in [0.4, 0.5) is 5.69 Å². The smallest absolute Gasteiger partial charge is 0.305 e. The molecular weight excluding hydrogens is 276 g/mol. The molecular formula is C14H18N2O5. The van der Waals surface area contributed by atoms with Crippen molar-refractivity contribution in [2.24, 2.45) is 0 Å². The average Bonchev–Trinajstić information content (AvgIpc) is 2.37. The van der Waals surface area contributed by atoms with Gasteiger partial charge in [-0.2, -0.15) is 0 Å². The van der Waals surface area contributed by atoms with Crippen molar-refractivity contribution in [1.29, 1.82) is 0 Å². The Morgan fingerprint density at radius 1 is 1.38 bits per heavy atom. The number of benzene rings is 1. The quantitative estimate of drug-likeness (QED) is 0.592. The summed E-state index contributed by atoms with van der Waals surface area (Å²) < 4.78 is 0. The van der Waals surface area contributed by atoms with Crippen molar-refractivity contribution in [2.45, 2.75) is 39.2 Å². The second kappa shape index (κ2) is 7.37. The Kier molecular flexibility index (Phi) is 5.83. The highest BCUT2D eigenvalue weighted by molar-refractivity contribution is 5.95. The molecule has 0 aromatic heterocycles. The molecule has 0 heterocycles. The lowest BCUT2D eigenvalue weighted by Crippen LogP contribution is -2.36. The van der Waals surface area contributed by atoms with Crippen molar-refractivity contribution in [3.8, 4) is 0 Å². The summed E-state index contributed by atoms with van der Waals surface area (Å²) in [6.45, 7) is 3.54. The summed E-state index contributed by atoms with van der Waals surface area (Å²) in [7, 11) is 0. The number of nitro benzene ring substituents is 1. The van der Waals surface area contributed by atoms with Crippen LogP contribution in [-0.2, 0) is 4.79 Å². The van der Waals surface area contributed by atoms with Gasteiger partial charge in [0.15, 0.2) is 0 Å². The zero-order valence-corrected chi connectivity index (χ0v) is 12.0. The molecule has 0 saturated heterocycles. The van der Waals surface area contributed by atoms with Crippen LogP contribution in [0.15, 0.2) is 18.2 Å². The van der Waals surface area contributed by atoms with Crippen molar-refractivity contribution in [3.05, 3.63) is 39.4 Å². The molecule has 0 spiro atoms. The van der Waals surface area contributed by atoms with Gasteiger partial charge in [0.1, 0.15) is 0 Å². The van der Waals surface area contributed by atoms with Crippen LogP contribution in [0.1, 0.15) is 42.1 Å². The monoisotopic (exact) mass is 294 g/mol. The van der Waals surface area contributed by atoms with Gasteiger partial charge in [0.05, 0.1) is 11.3 Å². The molecule has 0 saturated carbocycles. The number of nitrogens with zero attached hydrogens (tertiary/aromatic N) is 1. The number of carbonyl (C=O) groups is 2. The summed E-state index contributed by atoms with van der Waals surface area (Å²) in [4.78, 5) is 33.1. The fraction of sp³-hybridized carbons (Fsp3) is 0.429. The Hall–Kier alpha value is -2.44. The third-order valence-electron chi connectivity index (χ3n) is 2.93. The van der Waals surface area contributed by atoms with Gasteiger partial charge in [0.2, 0.25) is 0 Å². The van der Waals surface area contributed by atoms with Crippen LogP contribution >= 0.6 is 0 Å². The van der Waals surface area contributed by atoms with E-state index in [0.29, 0.717) is 12.0 Å². The van der Waals surface area contributed by atoms with Gasteiger partial charge in [-0.05, 0) is 25.0 Å². The lowest BCUT2D eigenvalue weighted by atomic mass is 10.1. The molecule has 0 fully saturated rings. The van der Waals surface area contributed by atoms with Gasteiger partial charge in [-0.1, -0.05) is 13.3 Å². The Morgan fingerprint density at radius 2 is 2.05 bits per heavy atom. The van der Waals surface area contributed by atoms with Crippen molar-refractivity contribution in [3.63, 3.8) is 0 Å². The van der Waals surface area contributed by atoms with Crippen LogP contribution in [0.5, 0.6) is 0 Å². The molecule has 0 bridgehead atoms. The average molecular weight is 294 g/mol. The zero-order valence-electron chi connectivity index (χ0n) is 12.0. The molecule has 0 aliphatic carbocycles. The van der Waals surface area contributed by atoms with Gasteiger partial charge in [-0.15, -0.1) is 0 Å². The maximum Gasteiger partial charge on any atom is 0.305 e. The first kappa shape index (κ1) is 16.6. The SMILES string of the molecule is CCCC(CC(=O)O)NC(=O)c1cc(C)cc([N+](=O)[O-])c1. The van der Waals surface area contributed by atoms with E-state index in [4.69, 9.17) is 5.11 Å². The second-order valence-corrected chi connectivity index (χ2v) is 4.87. The number of aliphatic carboxylic acids is 1. The number of non-ortho nitro benzene ring substituents is 1. The summed E-state index contributed by atoms with van der Waals surface area (Å²) in [6, 6.07) is 3.61. The van der Waals surface area contributed by atoms with Gasteiger partial charge >= 0.3 is 5.97 Å². The van der Waals surface area contributed by atoms with Gasteiger partial charge in [-0.3, -0.25) is 19.7 Å². The maximum atomic E-state index is 12.1. The fourth-order valence-electron chi connectivity index (χ4n) is 2.05. The fourth-order valence-corrected chi connectivity index (χ4v) is 2.05. The summed E-state index contributed by atoms with van der Waals surface area (Å²) >= 11 is 0. The molecule has 21 heavy (non-hydrogen) atoms. The molecule has 7 nitrogen and oxygen atoms in total. The number of nitrogens with one attached hydrogen (secondary N) is 1. The van der Waals surface area contributed by atoms with Crippen LogP contribution in [-0.4, -0.2) is 27.9 Å². The second-order valence-electron chi connectivity index (χ2n) is 4.87. The zero-order chi connectivity index (χ0) is 16.0. The molecule has 1 unspecified atom stereocenters. The van der Waals surface area contributed by atoms with Crippen molar-refractivity contribution in [2.75, 3.05) is 0 Å². The minimum atomic E-state index is -0.996. The van der Waals surface area contributed by atoms with E-state index in [1.807, 2.05) is 6.92 Å². The number of carbonyl (C=O) groups excluding carboxylic acids is 1. The largest absolute Gasteiger partial charge is 0.481 e. The number of aryl methyl sites for hydroxylation is 1. The van der Waals surface area contributed by atoms with Gasteiger partial charge in [0.25, 0.3) is 11.6 Å². The van der Waals surface area contributed by atoms with Crippen LogP contribution in [0, 0.1) is 17.0 Å². The van der Waals surface area contributed by atoms with Crippen LogP contribution in [0.2, 0.25) is 0 Å². The van der Waals surface area contributed by atoms with E-state index in [9.17, 15) is 19.7 Å². The number of rotatable bonds is 7. The summed E-state index contributed by atoms with van der Waals surface area (Å²) in [5.74, 6) is -1.49. The number of amides is 1. The molecule has 1 rings (SSSR count). The van der Waals surface area contributed by atoms with E-state index in [0.717, 1.165) is 6.42 Å². The topological polar surface area (TPSA) is 110 Å². The highest BCUT2D eigenvalue weighted by atomic mass is 16.6. The van der Waals surface area contributed by atoms with Gasteiger partial charge in [-0.25, -0.2) is 0 Å². The van der Waals surface area contributed by atoms with Gasteiger partial charge in [0, 0.05) is 23.7 Å². The molecule has 0 aliphatic rings. The van der Waals surface area contributed by atoms with E-state index < -0.39 is 22.8 Å². The Balaban J connectivity index is 2.91. The number of nitro groups is 1. The number of carboxylic acids is 1. The first-order valence-corrected chi connectivity index (χ1v) is 6.62. The Bertz CT molecular complexity index is 556. The number of hydrogen-bond acceptors (Lipinski definition) is 4. The standard InChI is InChI=1S/C14H18N2O5/c1-3-4-11(8-13(17)18)15-14(19)10-5-9(2)6-12(7-10)16(20)21/h5-7,11H,3-4,8H2,1-2H3,(H,15,19)(H,17,18). The molecule has 0 aliphatic heterocycles. The molecule has 1 amide bonds. The highest BCUT2D eigenvalue weighted by Gasteiger charge is 2.18.